The van der Waals surface area contributed by atoms with Crippen LogP contribution in [0.25, 0.3) is 5.95 Å². The van der Waals surface area contributed by atoms with Gasteiger partial charge in [-0.15, -0.1) is 10.2 Å². The van der Waals surface area contributed by atoms with Gasteiger partial charge < -0.3 is 0 Å². The number of aromatic nitrogens is 5. The third-order valence-corrected chi connectivity index (χ3v) is 4.01. The van der Waals surface area contributed by atoms with Gasteiger partial charge in [0.15, 0.2) is 0 Å². The molecule has 0 aliphatic rings. The van der Waals surface area contributed by atoms with Crippen molar-refractivity contribution in [3.8, 4) is 5.95 Å². The van der Waals surface area contributed by atoms with Crippen LogP contribution in [0.2, 0.25) is 10.0 Å². The van der Waals surface area contributed by atoms with Crippen molar-refractivity contribution in [3.05, 3.63) is 67.3 Å². The standard InChI is InChI=1S/C16H13Cl2N7O2/c1-8-5-13(25(24-8)16-20-14(26)9(2)21-23-16)15(27)22-19-7-10-3-4-11(17)6-12(10)18/h3-7H,1-2H3,(H,22,27)(H,20,23,26)/b19-7-. The maximum absolute atomic E-state index is 12.5. The van der Waals surface area contributed by atoms with E-state index in [-0.39, 0.29) is 17.3 Å². The average Bonchev–Trinajstić information content (AvgIpc) is 3.01. The van der Waals surface area contributed by atoms with Crippen LogP contribution in [0.5, 0.6) is 0 Å². The van der Waals surface area contributed by atoms with Crippen molar-refractivity contribution in [3.63, 3.8) is 0 Å². The van der Waals surface area contributed by atoms with Gasteiger partial charge >= 0.3 is 0 Å². The molecule has 0 spiro atoms. The third kappa shape index (κ3) is 4.21. The molecule has 9 nitrogen and oxygen atoms in total. The van der Waals surface area contributed by atoms with E-state index in [1.54, 1.807) is 25.1 Å². The van der Waals surface area contributed by atoms with Crippen LogP contribution in [0.3, 0.4) is 0 Å². The molecule has 1 amide bonds. The summed E-state index contributed by atoms with van der Waals surface area (Å²) in [5.41, 5.74) is 3.42. The zero-order valence-corrected chi connectivity index (χ0v) is 15.7. The molecule has 1 aromatic carbocycles. The SMILES string of the molecule is Cc1cc(C(=O)N/N=C\c2ccc(Cl)cc2Cl)n(-c2nnc(C)c(=O)[nH]2)n1. The summed E-state index contributed by atoms with van der Waals surface area (Å²) in [5.74, 6) is -0.534. The predicted molar refractivity (Wildman–Crippen MR) is 101 cm³/mol. The minimum atomic E-state index is -0.555. The number of halogens is 2. The first-order valence-corrected chi connectivity index (χ1v) is 8.40. The van der Waals surface area contributed by atoms with E-state index >= 15 is 0 Å². The Morgan fingerprint density at radius 2 is 2.04 bits per heavy atom. The van der Waals surface area contributed by atoms with Crippen molar-refractivity contribution in [1.29, 1.82) is 0 Å². The van der Waals surface area contributed by atoms with Crippen LogP contribution in [0.4, 0.5) is 0 Å². The lowest BCUT2D eigenvalue weighted by atomic mass is 10.2. The molecule has 2 heterocycles. The van der Waals surface area contributed by atoms with Crippen molar-refractivity contribution in [2.45, 2.75) is 13.8 Å². The van der Waals surface area contributed by atoms with E-state index in [2.05, 4.69) is 30.8 Å². The second-order valence-electron chi connectivity index (χ2n) is 5.51. The summed E-state index contributed by atoms with van der Waals surface area (Å²) >= 11 is 11.9. The quantitative estimate of drug-likeness (QED) is 0.508. The van der Waals surface area contributed by atoms with Crippen molar-refractivity contribution in [1.82, 2.24) is 30.4 Å². The van der Waals surface area contributed by atoms with Crippen LogP contribution in [-0.4, -0.2) is 37.1 Å². The van der Waals surface area contributed by atoms with E-state index in [1.807, 2.05) is 0 Å². The molecule has 0 atom stereocenters. The highest BCUT2D eigenvalue weighted by Crippen LogP contribution is 2.19. The largest absolute Gasteiger partial charge is 0.290 e. The van der Waals surface area contributed by atoms with Gasteiger partial charge in [-0.25, -0.2) is 5.43 Å². The van der Waals surface area contributed by atoms with Gasteiger partial charge in [0.05, 0.1) is 16.9 Å². The Morgan fingerprint density at radius 3 is 2.74 bits per heavy atom. The lowest BCUT2D eigenvalue weighted by Gasteiger charge is -2.04. The zero-order valence-electron chi connectivity index (χ0n) is 14.2. The zero-order chi connectivity index (χ0) is 19.6. The Labute approximate surface area is 163 Å². The molecule has 0 bridgehead atoms. The number of carbonyl (C=O) groups excluding carboxylic acids is 1. The van der Waals surface area contributed by atoms with E-state index in [1.165, 1.54) is 23.9 Å². The van der Waals surface area contributed by atoms with E-state index in [9.17, 15) is 9.59 Å². The Morgan fingerprint density at radius 1 is 1.26 bits per heavy atom. The van der Waals surface area contributed by atoms with Crippen LogP contribution in [-0.2, 0) is 0 Å². The third-order valence-electron chi connectivity index (χ3n) is 3.45. The molecule has 0 saturated heterocycles. The van der Waals surface area contributed by atoms with Crippen molar-refractivity contribution in [2.75, 3.05) is 0 Å². The fourth-order valence-corrected chi connectivity index (χ4v) is 2.58. The van der Waals surface area contributed by atoms with Crippen molar-refractivity contribution >= 4 is 35.3 Å². The first-order chi connectivity index (χ1) is 12.8. The number of amides is 1. The number of aromatic amines is 1. The maximum atomic E-state index is 12.5. The van der Waals surface area contributed by atoms with Crippen LogP contribution < -0.4 is 11.0 Å². The number of H-pyrrole nitrogens is 1. The summed E-state index contributed by atoms with van der Waals surface area (Å²) in [6.45, 7) is 3.22. The fraction of sp³-hybridized carbons (Fsp3) is 0.125. The Balaban J connectivity index is 1.84. The van der Waals surface area contributed by atoms with Crippen LogP contribution >= 0.6 is 23.2 Å². The van der Waals surface area contributed by atoms with E-state index < -0.39 is 11.5 Å². The topological polar surface area (TPSA) is 118 Å². The summed E-state index contributed by atoms with van der Waals surface area (Å²) in [7, 11) is 0. The molecule has 27 heavy (non-hydrogen) atoms. The molecule has 2 aromatic heterocycles. The van der Waals surface area contributed by atoms with Crippen molar-refractivity contribution < 1.29 is 4.79 Å². The van der Waals surface area contributed by atoms with Gasteiger partial charge in [-0.1, -0.05) is 29.3 Å². The van der Waals surface area contributed by atoms with Gasteiger partial charge in [-0.2, -0.15) is 14.9 Å². The molecule has 0 unspecified atom stereocenters. The molecule has 0 aliphatic carbocycles. The Kier molecular flexibility index (Phi) is 5.33. The Bertz CT molecular complexity index is 1100. The monoisotopic (exact) mass is 405 g/mol. The summed E-state index contributed by atoms with van der Waals surface area (Å²) in [4.78, 5) is 26.7. The number of nitrogens with zero attached hydrogens (tertiary/aromatic N) is 5. The number of aryl methyl sites for hydroxylation is 2. The number of hydrazone groups is 1. The molecule has 11 heteroatoms. The van der Waals surface area contributed by atoms with Crippen LogP contribution in [0.1, 0.15) is 27.4 Å². The summed E-state index contributed by atoms with van der Waals surface area (Å²) in [5, 5.41) is 16.5. The van der Waals surface area contributed by atoms with Crippen LogP contribution in [0, 0.1) is 13.8 Å². The molecular weight excluding hydrogens is 393 g/mol. The first kappa shape index (κ1) is 18.7. The molecule has 0 saturated carbocycles. The second kappa shape index (κ2) is 7.68. The van der Waals surface area contributed by atoms with Crippen molar-refractivity contribution in [2.24, 2.45) is 5.10 Å². The molecule has 0 aliphatic heterocycles. The van der Waals surface area contributed by atoms with E-state index in [4.69, 9.17) is 23.2 Å². The highest BCUT2D eigenvalue weighted by atomic mass is 35.5. The van der Waals surface area contributed by atoms with Gasteiger partial charge in [0.1, 0.15) is 11.4 Å². The minimum Gasteiger partial charge on any atom is -0.288 e. The predicted octanol–water partition coefficient (Wildman–Crippen LogP) is 2.04. The van der Waals surface area contributed by atoms with Crippen LogP contribution in [0.15, 0.2) is 34.2 Å². The smallest absolute Gasteiger partial charge is 0.288 e. The molecule has 3 rings (SSSR count). The molecule has 0 radical (unpaired) electrons. The van der Waals surface area contributed by atoms with Gasteiger partial charge in [-0.05, 0) is 32.0 Å². The summed E-state index contributed by atoms with van der Waals surface area (Å²) in [6.07, 6.45) is 1.39. The number of carbonyl (C=O) groups is 1. The lowest BCUT2D eigenvalue weighted by molar-refractivity contribution is 0.0947. The van der Waals surface area contributed by atoms with Gasteiger partial charge in [0, 0.05) is 10.6 Å². The van der Waals surface area contributed by atoms with Gasteiger partial charge in [0.2, 0.25) is 0 Å². The number of hydrogen-bond acceptors (Lipinski definition) is 6. The number of rotatable bonds is 4. The number of benzene rings is 1. The number of nitrogens with one attached hydrogen (secondary N) is 2. The second-order valence-corrected chi connectivity index (χ2v) is 6.35. The fourth-order valence-electron chi connectivity index (χ4n) is 2.13. The summed E-state index contributed by atoms with van der Waals surface area (Å²) < 4.78 is 1.18. The normalized spacial score (nSPS) is 11.1. The molecule has 2 N–H and O–H groups in total. The molecule has 138 valence electrons. The van der Waals surface area contributed by atoms with Gasteiger partial charge in [-0.3, -0.25) is 14.6 Å². The van der Waals surface area contributed by atoms with E-state index in [0.717, 1.165) is 0 Å². The molecular formula is C16H13Cl2N7O2. The lowest BCUT2D eigenvalue weighted by Crippen LogP contribution is -2.24. The highest BCUT2D eigenvalue weighted by molar-refractivity contribution is 6.36. The molecule has 3 aromatic rings. The van der Waals surface area contributed by atoms with Gasteiger partial charge in [0.25, 0.3) is 17.4 Å². The maximum Gasteiger partial charge on any atom is 0.290 e. The number of hydrogen-bond donors (Lipinski definition) is 2. The summed E-state index contributed by atoms with van der Waals surface area (Å²) in [6, 6.07) is 6.42. The average molecular weight is 406 g/mol. The highest BCUT2D eigenvalue weighted by Gasteiger charge is 2.17. The minimum absolute atomic E-state index is 0.0218. The Hall–Kier alpha value is -3.04. The van der Waals surface area contributed by atoms with E-state index in [0.29, 0.717) is 21.3 Å². The molecule has 0 fully saturated rings. The first-order valence-electron chi connectivity index (χ1n) is 7.64.